The molecule has 7 amide bonds. The van der Waals surface area contributed by atoms with Crippen LogP contribution in [0.15, 0.2) is 42.5 Å². The molecule has 0 unspecified atom stereocenters. The number of benzene rings is 1. The molecular formula is C47H72N6O11. The molecule has 2 aliphatic rings. The molecule has 1 aromatic rings. The van der Waals surface area contributed by atoms with E-state index >= 15 is 0 Å². The number of amides is 7. The fourth-order valence-corrected chi connectivity index (χ4v) is 8.86. The van der Waals surface area contributed by atoms with Crippen molar-refractivity contribution in [3.63, 3.8) is 0 Å². The molecule has 8 atom stereocenters. The predicted octanol–water partition coefficient (Wildman–Crippen LogP) is 3.19. The van der Waals surface area contributed by atoms with Crippen LogP contribution in [0.5, 0.6) is 0 Å². The molecule has 64 heavy (non-hydrogen) atoms. The van der Waals surface area contributed by atoms with Crippen molar-refractivity contribution in [2.45, 2.75) is 142 Å². The molecule has 3 rings (SSSR count). The maximum atomic E-state index is 14.3. The van der Waals surface area contributed by atoms with E-state index in [1.165, 1.54) is 38.3 Å². The van der Waals surface area contributed by atoms with E-state index in [-0.39, 0.29) is 61.3 Å². The number of carbonyl (C=O) groups is 8. The van der Waals surface area contributed by atoms with Crippen LogP contribution in [0.3, 0.4) is 0 Å². The number of methoxy groups -OCH3 is 2. The van der Waals surface area contributed by atoms with E-state index in [1.54, 1.807) is 57.0 Å². The predicted molar refractivity (Wildman–Crippen MR) is 239 cm³/mol. The molecule has 1 aromatic carbocycles. The molecule has 0 radical (unpaired) electrons. The first-order valence-electron chi connectivity index (χ1n) is 22.4. The Bertz CT molecular complexity index is 1820. The van der Waals surface area contributed by atoms with Crippen LogP contribution in [0, 0.1) is 17.8 Å². The quantitative estimate of drug-likeness (QED) is 0.0955. The average molecular weight is 897 g/mol. The number of likely N-dealkylation sites (N-methyl/N-ethyl adjacent to an activating group) is 2. The van der Waals surface area contributed by atoms with Crippen LogP contribution in [-0.4, -0.2) is 155 Å². The number of unbranched alkanes of at least 4 members (excludes halogenated alkanes) is 1. The molecule has 2 heterocycles. The van der Waals surface area contributed by atoms with Gasteiger partial charge in [0.25, 0.3) is 17.7 Å². The number of likely N-dealkylation sites (tertiary alicyclic amines) is 1. The van der Waals surface area contributed by atoms with E-state index in [2.05, 4.69) is 10.6 Å². The van der Waals surface area contributed by atoms with E-state index < -0.39 is 71.5 Å². The minimum absolute atomic E-state index is 0.0473. The van der Waals surface area contributed by atoms with E-state index in [0.29, 0.717) is 38.6 Å². The van der Waals surface area contributed by atoms with Gasteiger partial charge < -0.3 is 29.7 Å². The number of hydrogen-bond donors (Lipinski definition) is 3. The summed E-state index contributed by atoms with van der Waals surface area (Å²) in [7, 11) is 6.27. The summed E-state index contributed by atoms with van der Waals surface area (Å²) in [5.74, 6) is -5.40. The third-order valence-electron chi connectivity index (χ3n) is 13.1. The molecule has 3 N–H and O–H groups in total. The van der Waals surface area contributed by atoms with Crippen molar-refractivity contribution in [2.75, 3.05) is 41.4 Å². The Morgan fingerprint density at radius 3 is 2.09 bits per heavy atom. The van der Waals surface area contributed by atoms with Crippen LogP contribution in [0.25, 0.3) is 0 Å². The van der Waals surface area contributed by atoms with Gasteiger partial charge in [0.05, 0.1) is 36.6 Å². The number of aliphatic carboxylic acids is 1. The monoisotopic (exact) mass is 897 g/mol. The van der Waals surface area contributed by atoms with Crippen LogP contribution in [0.2, 0.25) is 0 Å². The molecule has 1 saturated heterocycles. The van der Waals surface area contributed by atoms with Gasteiger partial charge in [-0.1, -0.05) is 71.4 Å². The molecule has 2 aliphatic heterocycles. The summed E-state index contributed by atoms with van der Waals surface area (Å²) in [6.45, 7) is 13.1. The van der Waals surface area contributed by atoms with E-state index in [0.717, 1.165) is 10.5 Å². The van der Waals surface area contributed by atoms with Gasteiger partial charge in [0.1, 0.15) is 11.6 Å². The molecule has 0 aliphatic carbocycles. The zero-order chi connectivity index (χ0) is 48.1. The van der Waals surface area contributed by atoms with Crippen molar-refractivity contribution in [3.8, 4) is 0 Å². The highest BCUT2D eigenvalue weighted by Gasteiger charge is 2.44. The molecule has 17 nitrogen and oxygen atoms in total. The second kappa shape index (κ2) is 24.3. The molecular weight excluding hydrogens is 825 g/mol. The third kappa shape index (κ3) is 13.5. The topological polar surface area (TPSA) is 212 Å². The van der Waals surface area contributed by atoms with Crippen molar-refractivity contribution in [3.05, 3.63) is 48.0 Å². The number of imide groups is 2. The molecule has 1 fully saturated rings. The number of carboxylic acid groups (broad SMARTS) is 1. The maximum absolute atomic E-state index is 14.3. The Morgan fingerprint density at radius 2 is 1.55 bits per heavy atom. The lowest BCUT2D eigenvalue weighted by Gasteiger charge is -2.43. The number of carbonyl (C=O) groups excluding carboxylic acids is 7. The summed E-state index contributed by atoms with van der Waals surface area (Å²) in [4.78, 5) is 111. The molecule has 0 aromatic heterocycles. The van der Waals surface area contributed by atoms with Crippen LogP contribution in [0.1, 0.15) is 99.0 Å². The second-order valence-electron chi connectivity index (χ2n) is 18.0. The highest BCUT2D eigenvalue weighted by Crippen LogP contribution is 2.31. The zero-order valence-corrected chi connectivity index (χ0v) is 39.6. The second-order valence-corrected chi connectivity index (χ2v) is 18.0. The van der Waals surface area contributed by atoms with Gasteiger partial charge in [-0.2, -0.15) is 0 Å². The standard InChI is InChI=1S/C47H72N6O11/c1-12-30(4)41(50(8)40(29(2)3)44(59)49-46(62)47(6,7)51(9)36(54)22-16-17-25-53-37(55)23-24-38(53)56)35(63-10)28-39(57)52-26-18-21-34(52)42(64-11)31(5)43(58)48-33(45(60)61)27-32-19-14-13-15-20-32/h13-15,19-20,23-24,29-31,33-35,40-42H,12,16-18,21-22,25-28H2,1-11H3,(H,48,58)(H,60,61)(H,49,59,62)/t30-,31+,33-,34-,35+,40-,41-,42+/m0/s1. The number of hydrogen-bond acceptors (Lipinski definition) is 11. The van der Waals surface area contributed by atoms with E-state index in [4.69, 9.17) is 9.47 Å². The fraction of sp³-hybridized carbons (Fsp3) is 0.660. The largest absolute Gasteiger partial charge is 0.480 e. The smallest absolute Gasteiger partial charge is 0.326 e. The Morgan fingerprint density at radius 1 is 0.922 bits per heavy atom. The van der Waals surface area contributed by atoms with E-state index in [1.807, 2.05) is 38.7 Å². The number of carboxylic acids is 1. The molecule has 0 saturated carbocycles. The summed E-state index contributed by atoms with van der Waals surface area (Å²) >= 11 is 0. The van der Waals surface area contributed by atoms with Gasteiger partial charge in [-0.15, -0.1) is 0 Å². The minimum Gasteiger partial charge on any atom is -0.480 e. The Labute approximate surface area is 378 Å². The molecule has 356 valence electrons. The van der Waals surface area contributed by atoms with Gasteiger partial charge in [0.15, 0.2) is 0 Å². The minimum atomic E-state index is -1.42. The first kappa shape index (κ1) is 53.3. The van der Waals surface area contributed by atoms with Gasteiger partial charge in [-0.3, -0.25) is 48.7 Å². The Hall–Kier alpha value is -5.00. The van der Waals surface area contributed by atoms with E-state index in [9.17, 15) is 43.5 Å². The first-order valence-corrected chi connectivity index (χ1v) is 22.4. The Balaban J connectivity index is 1.72. The van der Waals surface area contributed by atoms with Gasteiger partial charge >= 0.3 is 5.97 Å². The SMILES string of the molecule is CC[C@H](C)[C@@H]([C@@H](CC(=O)N1CCC[C@H]1[C@H](OC)[C@@H](C)C(=O)N[C@@H](Cc1ccccc1)C(=O)O)OC)N(C)[C@H](C(=O)NC(=O)C(C)(C)N(C)C(=O)CCCCN1C(=O)C=CC1=O)C(C)C. The van der Waals surface area contributed by atoms with Crippen LogP contribution in [0.4, 0.5) is 0 Å². The summed E-state index contributed by atoms with van der Waals surface area (Å²) < 4.78 is 12.0. The van der Waals surface area contributed by atoms with Crippen molar-refractivity contribution >= 4 is 47.3 Å². The van der Waals surface area contributed by atoms with Crippen molar-refractivity contribution in [1.82, 2.24) is 30.2 Å². The lowest BCUT2D eigenvalue weighted by atomic mass is 9.87. The zero-order valence-electron chi connectivity index (χ0n) is 39.6. The summed E-state index contributed by atoms with van der Waals surface area (Å²) in [5.41, 5.74) is -0.654. The summed E-state index contributed by atoms with van der Waals surface area (Å²) in [6, 6.07) is 6.10. The van der Waals surface area contributed by atoms with Gasteiger partial charge in [-0.25, -0.2) is 4.79 Å². The van der Waals surface area contributed by atoms with Gasteiger partial charge in [-0.05, 0) is 64.0 Å². The first-order chi connectivity index (χ1) is 30.1. The Kier molecular flexibility index (Phi) is 20.3. The van der Waals surface area contributed by atoms with Crippen molar-refractivity contribution in [2.24, 2.45) is 17.8 Å². The fourth-order valence-electron chi connectivity index (χ4n) is 8.86. The van der Waals surface area contributed by atoms with Crippen LogP contribution in [-0.2, 0) is 54.3 Å². The summed E-state index contributed by atoms with van der Waals surface area (Å²) in [5, 5.41) is 15.2. The highest BCUT2D eigenvalue weighted by molar-refractivity contribution is 6.12. The molecule has 0 spiro atoms. The average Bonchev–Trinajstić information content (AvgIpc) is 3.87. The van der Waals surface area contributed by atoms with Gasteiger partial charge in [0.2, 0.25) is 23.6 Å². The third-order valence-corrected chi connectivity index (χ3v) is 13.1. The molecule has 0 bridgehead atoms. The number of nitrogens with zero attached hydrogens (tertiary/aromatic N) is 4. The number of rotatable bonds is 25. The van der Waals surface area contributed by atoms with Crippen LogP contribution >= 0.6 is 0 Å². The number of ether oxygens (including phenoxy) is 2. The van der Waals surface area contributed by atoms with Crippen LogP contribution < -0.4 is 10.6 Å². The summed E-state index contributed by atoms with van der Waals surface area (Å²) in [6.07, 6.45) is 3.84. The number of nitrogens with one attached hydrogen (secondary N) is 2. The maximum Gasteiger partial charge on any atom is 0.326 e. The highest BCUT2D eigenvalue weighted by atomic mass is 16.5. The normalized spacial score (nSPS) is 18.7. The lowest BCUT2D eigenvalue weighted by Crippen LogP contribution is -2.62. The van der Waals surface area contributed by atoms with Gasteiger partial charge in [0, 0.05) is 65.4 Å². The van der Waals surface area contributed by atoms with Crippen molar-refractivity contribution in [1.29, 1.82) is 0 Å². The van der Waals surface area contributed by atoms with Crippen molar-refractivity contribution < 1.29 is 52.9 Å². The molecule has 17 heteroatoms. The lowest BCUT2D eigenvalue weighted by molar-refractivity contribution is -0.148.